The zero-order chi connectivity index (χ0) is 2.00. The van der Waals surface area contributed by atoms with Gasteiger partial charge in [-0.25, -0.2) is 0 Å². The van der Waals surface area contributed by atoms with Gasteiger partial charge in [-0.2, -0.15) is 7.11 Å². The van der Waals surface area contributed by atoms with Gasteiger partial charge < -0.3 is 10.6 Å². The second kappa shape index (κ2) is 34.9. The van der Waals surface area contributed by atoms with Crippen molar-refractivity contribution >= 4 is 37.7 Å². The first kappa shape index (κ1) is 27.1. The monoisotopic (exact) mass is 111 g/mol. The van der Waals surface area contributed by atoms with E-state index in [9.17, 15) is 0 Å². The summed E-state index contributed by atoms with van der Waals surface area (Å²) in [5, 5.41) is 8.25. The van der Waals surface area contributed by atoms with Gasteiger partial charge in [0.2, 0.25) is 0 Å². The molecule has 0 aromatic rings. The summed E-state index contributed by atoms with van der Waals surface area (Å²) >= 11 is 0. The average molecular weight is 111 g/mol. The molecule has 4 heteroatoms. The fourth-order valence-electron chi connectivity index (χ4n) is 0. The van der Waals surface area contributed by atoms with Crippen molar-refractivity contribution in [3.05, 3.63) is 0 Å². The Morgan fingerprint density at radius 3 is 1.20 bits per heavy atom. The average Bonchev–Trinajstić information content (AvgIpc) is 1.00. The van der Waals surface area contributed by atoms with Crippen molar-refractivity contribution in [3.63, 3.8) is 0 Å². The Balaban J connectivity index is -0.00000000167. The molecule has 0 radical (unpaired) electrons. The summed E-state index contributed by atoms with van der Waals surface area (Å²) in [7, 11) is 0.750. The van der Waals surface area contributed by atoms with Crippen molar-refractivity contribution in [2.45, 2.75) is 0 Å². The zero-order valence-corrected chi connectivity index (χ0v) is 7.77. The fraction of sp³-hybridized carbons (Fsp3) is 1.00. The smallest absolute Gasteiger partial charge is 0.870 e. The van der Waals surface area contributed by atoms with Crippen LogP contribution in [0.4, 0.5) is 0 Å². The summed E-state index contributed by atoms with van der Waals surface area (Å²) in [5.74, 6) is 0. The van der Waals surface area contributed by atoms with E-state index in [0.29, 0.717) is 0 Å². The van der Waals surface area contributed by atoms with Gasteiger partial charge in [-0.15, -0.1) is 0 Å². The Morgan fingerprint density at radius 2 is 1.20 bits per heavy atom. The molecule has 2 nitrogen and oxygen atoms in total. The van der Waals surface area contributed by atoms with Crippen LogP contribution in [-0.4, -0.2) is 50.3 Å². The van der Waals surface area contributed by atoms with Gasteiger partial charge in [0.15, 0.2) is 0 Å². The molecule has 0 aromatic carbocycles. The SMILES string of the molecule is C[O-].[Ca+2].[Na+].[OH-]. The van der Waals surface area contributed by atoms with Crippen LogP contribution >= 0.6 is 0 Å². The third-order valence-corrected chi connectivity index (χ3v) is 0. The molecule has 0 aliphatic rings. The molecule has 0 aliphatic heterocycles. The van der Waals surface area contributed by atoms with Gasteiger partial charge in [0, 0.05) is 0 Å². The van der Waals surface area contributed by atoms with Crippen LogP contribution in [0.3, 0.4) is 0 Å². The molecule has 22 valence electrons. The summed E-state index contributed by atoms with van der Waals surface area (Å²) < 4.78 is 0. The summed E-state index contributed by atoms with van der Waals surface area (Å²) in [6.07, 6.45) is 0. The van der Waals surface area contributed by atoms with Gasteiger partial charge in [-0.1, -0.05) is 0 Å². The minimum absolute atomic E-state index is 0. The van der Waals surface area contributed by atoms with Crippen LogP contribution in [0.25, 0.3) is 0 Å². The van der Waals surface area contributed by atoms with Gasteiger partial charge in [-0.05, 0) is 0 Å². The van der Waals surface area contributed by atoms with Crippen LogP contribution in [0.5, 0.6) is 0 Å². The van der Waals surface area contributed by atoms with Crippen molar-refractivity contribution in [2.75, 3.05) is 7.11 Å². The molecule has 0 aromatic heterocycles. The first-order chi connectivity index (χ1) is 1.00. The molecule has 0 fully saturated rings. The molecule has 0 aliphatic carbocycles. The molecule has 0 saturated heterocycles. The second-order valence-corrected chi connectivity index (χ2v) is 0. The van der Waals surface area contributed by atoms with Crippen molar-refractivity contribution in [2.24, 2.45) is 0 Å². The van der Waals surface area contributed by atoms with E-state index < -0.39 is 0 Å². The fourth-order valence-corrected chi connectivity index (χ4v) is 0. The van der Waals surface area contributed by atoms with E-state index in [1.807, 2.05) is 0 Å². The standard InChI is InChI=1S/CH3O.Ca.Na.H2O/c1-2;;;/h1H3;;;1H2/q-1;+2;+1;/p-1. The van der Waals surface area contributed by atoms with E-state index in [1.165, 1.54) is 0 Å². The molecule has 0 saturated carbocycles. The minimum atomic E-state index is 0. The molecular weight excluding hydrogens is 107 g/mol. The third kappa shape index (κ3) is 22.7. The van der Waals surface area contributed by atoms with E-state index in [-0.39, 0.29) is 72.8 Å². The topological polar surface area (TPSA) is 53.1 Å². The molecule has 5 heavy (non-hydrogen) atoms. The van der Waals surface area contributed by atoms with Gasteiger partial charge >= 0.3 is 67.3 Å². The maximum Gasteiger partial charge on any atom is 2.00 e. The van der Waals surface area contributed by atoms with Crippen molar-refractivity contribution in [1.29, 1.82) is 0 Å². The van der Waals surface area contributed by atoms with E-state index >= 15 is 0 Å². The van der Waals surface area contributed by atoms with Crippen molar-refractivity contribution in [3.8, 4) is 0 Å². The molecule has 1 N–H and O–H groups in total. The molecule has 0 atom stereocenters. The largest absolute Gasteiger partial charge is 2.00 e. The Labute approximate surface area is 83.5 Å². The Hall–Kier alpha value is 2.18. The van der Waals surface area contributed by atoms with Gasteiger partial charge in [0.1, 0.15) is 0 Å². The van der Waals surface area contributed by atoms with E-state index in [2.05, 4.69) is 0 Å². The van der Waals surface area contributed by atoms with Crippen LogP contribution < -0.4 is 34.7 Å². The van der Waals surface area contributed by atoms with Crippen LogP contribution in [0.15, 0.2) is 0 Å². The van der Waals surface area contributed by atoms with Crippen molar-refractivity contribution in [1.82, 2.24) is 0 Å². The molecule has 0 unspecified atom stereocenters. The first-order valence-corrected chi connectivity index (χ1v) is 0.408. The maximum atomic E-state index is 8.25. The minimum Gasteiger partial charge on any atom is -0.870 e. The summed E-state index contributed by atoms with van der Waals surface area (Å²) in [6.45, 7) is 0. The van der Waals surface area contributed by atoms with E-state index in [4.69, 9.17) is 5.11 Å². The second-order valence-electron chi connectivity index (χ2n) is 0. The predicted molar refractivity (Wildman–Crippen MR) is 13.6 cm³/mol. The third-order valence-electron chi connectivity index (χ3n) is 0. The predicted octanol–water partition coefficient (Wildman–Crippen LogP) is -4.58. The van der Waals surface area contributed by atoms with Crippen LogP contribution in [0, 0.1) is 0 Å². The quantitative estimate of drug-likeness (QED) is 0.295. The van der Waals surface area contributed by atoms with Crippen molar-refractivity contribution < 1.29 is 40.1 Å². The Kier molecular flexibility index (Phi) is 189. The number of rotatable bonds is 0. The Bertz CT molecular complexity index is 9.61. The van der Waals surface area contributed by atoms with E-state index in [1.54, 1.807) is 0 Å². The summed E-state index contributed by atoms with van der Waals surface area (Å²) in [6, 6.07) is 0. The molecule has 0 rings (SSSR count). The van der Waals surface area contributed by atoms with Gasteiger partial charge in [0.05, 0.1) is 0 Å². The van der Waals surface area contributed by atoms with Crippen LogP contribution in [0.1, 0.15) is 0 Å². The number of hydrogen-bond acceptors (Lipinski definition) is 2. The summed E-state index contributed by atoms with van der Waals surface area (Å²) in [5.41, 5.74) is 0. The van der Waals surface area contributed by atoms with Crippen LogP contribution in [-0.2, 0) is 0 Å². The van der Waals surface area contributed by atoms with Gasteiger partial charge in [-0.3, -0.25) is 0 Å². The summed E-state index contributed by atoms with van der Waals surface area (Å²) in [4.78, 5) is 0. The number of hydrogen-bond donors (Lipinski definition) is 0. The van der Waals surface area contributed by atoms with E-state index in [0.717, 1.165) is 7.11 Å². The molecule has 0 heterocycles. The molecule has 0 spiro atoms. The van der Waals surface area contributed by atoms with Crippen LogP contribution in [0.2, 0.25) is 0 Å². The zero-order valence-electron chi connectivity index (χ0n) is 3.56. The molecule has 0 bridgehead atoms. The normalized spacial score (nSPS) is 1.20. The Morgan fingerprint density at radius 1 is 1.20 bits per heavy atom. The van der Waals surface area contributed by atoms with Gasteiger partial charge in [0.25, 0.3) is 0 Å². The maximum absolute atomic E-state index is 8.25. The first-order valence-electron chi connectivity index (χ1n) is 0.408. The molecular formula is CH4CaNaO2+. The molecule has 0 amide bonds.